The number of aryl methyl sites for hydroxylation is 1. The minimum absolute atomic E-state index is 0. The molecular formula is C10H17ClN2O2S2. The lowest BCUT2D eigenvalue weighted by atomic mass is 10.1. The van der Waals surface area contributed by atoms with E-state index in [0.29, 0.717) is 29.8 Å². The Morgan fingerprint density at radius 1 is 1.53 bits per heavy atom. The summed E-state index contributed by atoms with van der Waals surface area (Å²) in [6, 6.07) is 3.53. The predicted molar refractivity (Wildman–Crippen MR) is 72.2 cm³/mol. The highest BCUT2D eigenvalue weighted by Crippen LogP contribution is 2.28. The van der Waals surface area contributed by atoms with Crippen LogP contribution in [0.2, 0.25) is 0 Å². The second-order valence-electron chi connectivity index (χ2n) is 4.12. The molecule has 0 spiro atoms. The number of nitrogens with two attached hydrogens (primary N) is 1. The van der Waals surface area contributed by atoms with Crippen molar-refractivity contribution < 1.29 is 8.42 Å². The molecule has 4 nitrogen and oxygen atoms in total. The van der Waals surface area contributed by atoms with E-state index in [1.807, 2.05) is 13.0 Å². The van der Waals surface area contributed by atoms with E-state index in [1.54, 1.807) is 10.4 Å². The lowest BCUT2D eigenvalue weighted by molar-refractivity contribution is 0.460. The second kappa shape index (κ2) is 5.67. The third kappa shape index (κ3) is 3.00. The summed E-state index contributed by atoms with van der Waals surface area (Å²) in [6.45, 7) is 3.64. The van der Waals surface area contributed by atoms with Crippen LogP contribution in [-0.4, -0.2) is 32.4 Å². The van der Waals surface area contributed by atoms with Crippen LogP contribution in [0.5, 0.6) is 0 Å². The Balaban J connectivity index is 0.00000144. The van der Waals surface area contributed by atoms with E-state index in [9.17, 15) is 8.42 Å². The van der Waals surface area contributed by atoms with Crippen molar-refractivity contribution in [1.29, 1.82) is 0 Å². The smallest absolute Gasteiger partial charge is 0.252 e. The third-order valence-corrected chi connectivity index (χ3v) is 6.22. The summed E-state index contributed by atoms with van der Waals surface area (Å²) in [4.78, 5) is 1.02. The molecule has 2 rings (SSSR count). The zero-order chi connectivity index (χ0) is 11.8. The topological polar surface area (TPSA) is 63.4 Å². The number of hydrogen-bond donors (Lipinski definition) is 1. The molecule has 17 heavy (non-hydrogen) atoms. The van der Waals surface area contributed by atoms with Gasteiger partial charge in [-0.2, -0.15) is 4.31 Å². The average molecular weight is 297 g/mol. The molecule has 0 amide bonds. The summed E-state index contributed by atoms with van der Waals surface area (Å²) in [7, 11) is -3.26. The van der Waals surface area contributed by atoms with Crippen LogP contribution in [0, 0.1) is 12.8 Å². The SMILES string of the molecule is Cc1ccc(S(=O)(=O)N2CCC(CN)C2)s1.Cl. The number of hydrogen-bond acceptors (Lipinski definition) is 4. The van der Waals surface area contributed by atoms with E-state index in [4.69, 9.17) is 5.73 Å². The average Bonchev–Trinajstić information content (AvgIpc) is 2.85. The second-order valence-corrected chi connectivity index (χ2v) is 7.57. The summed E-state index contributed by atoms with van der Waals surface area (Å²) in [6.07, 6.45) is 0.875. The molecule has 0 radical (unpaired) electrons. The van der Waals surface area contributed by atoms with Crippen LogP contribution in [0.15, 0.2) is 16.3 Å². The van der Waals surface area contributed by atoms with Crippen LogP contribution < -0.4 is 5.73 Å². The van der Waals surface area contributed by atoms with Crippen molar-refractivity contribution in [2.45, 2.75) is 17.6 Å². The van der Waals surface area contributed by atoms with Gasteiger partial charge in [0.05, 0.1) is 0 Å². The van der Waals surface area contributed by atoms with Crippen molar-refractivity contribution in [3.63, 3.8) is 0 Å². The molecule has 7 heteroatoms. The van der Waals surface area contributed by atoms with Crippen molar-refractivity contribution >= 4 is 33.8 Å². The molecule has 1 aromatic heterocycles. The molecule has 0 bridgehead atoms. The number of nitrogens with zero attached hydrogens (tertiary/aromatic N) is 1. The zero-order valence-electron chi connectivity index (χ0n) is 9.63. The van der Waals surface area contributed by atoms with Gasteiger partial charge in [-0.05, 0) is 37.9 Å². The van der Waals surface area contributed by atoms with Gasteiger partial charge in [0.2, 0.25) is 0 Å². The standard InChI is InChI=1S/C10H16N2O2S2.ClH/c1-8-2-3-10(15-8)16(13,14)12-5-4-9(6-11)7-12;/h2-3,9H,4-7,11H2,1H3;1H. The highest BCUT2D eigenvalue weighted by atomic mass is 35.5. The Kier molecular flexibility index (Phi) is 4.97. The maximum absolute atomic E-state index is 12.2. The van der Waals surface area contributed by atoms with Crippen LogP contribution >= 0.6 is 23.7 Å². The van der Waals surface area contributed by atoms with E-state index in [1.165, 1.54) is 11.3 Å². The van der Waals surface area contributed by atoms with E-state index in [-0.39, 0.29) is 12.4 Å². The molecule has 0 aromatic carbocycles. The Labute approximate surface area is 112 Å². The van der Waals surface area contributed by atoms with Gasteiger partial charge in [0.15, 0.2) is 0 Å². The maximum Gasteiger partial charge on any atom is 0.252 e. The molecule has 98 valence electrons. The van der Waals surface area contributed by atoms with Gasteiger partial charge in [0.25, 0.3) is 10.0 Å². The van der Waals surface area contributed by atoms with Crippen LogP contribution in [-0.2, 0) is 10.0 Å². The van der Waals surface area contributed by atoms with E-state index < -0.39 is 10.0 Å². The molecule has 2 heterocycles. The molecule has 0 aliphatic carbocycles. The number of thiophene rings is 1. The first-order valence-electron chi connectivity index (χ1n) is 5.30. The zero-order valence-corrected chi connectivity index (χ0v) is 12.1. The third-order valence-electron chi connectivity index (χ3n) is 2.89. The largest absolute Gasteiger partial charge is 0.330 e. The van der Waals surface area contributed by atoms with Crippen LogP contribution in [0.4, 0.5) is 0 Å². The van der Waals surface area contributed by atoms with Gasteiger partial charge in [0.1, 0.15) is 4.21 Å². The molecule has 1 aliphatic heterocycles. The van der Waals surface area contributed by atoms with Gasteiger partial charge in [-0.1, -0.05) is 0 Å². The van der Waals surface area contributed by atoms with Crippen molar-refractivity contribution in [3.8, 4) is 0 Å². The van der Waals surface area contributed by atoms with Gasteiger partial charge >= 0.3 is 0 Å². The van der Waals surface area contributed by atoms with Crippen molar-refractivity contribution in [2.24, 2.45) is 11.7 Å². The maximum atomic E-state index is 12.2. The first-order valence-corrected chi connectivity index (χ1v) is 7.56. The van der Waals surface area contributed by atoms with Crippen LogP contribution in [0.1, 0.15) is 11.3 Å². The lowest BCUT2D eigenvalue weighted by Crippen LogP contribution is -2.29. The summed E-state index contributed by atoms with van der Waals surface area (Å²) in [5.74, 6) is 0.316. The molecule has 0 saturated carbocycles. The monoisotopic (exact) mass is 296 g/mol. The number of halogens is 1. The lowest BCUT2D eigenvalue weighted by Gasteiger charge is -2.14. The minimum Gasteiger partial charge on any atom is -0.330 e. The van der Waals surface area contributed by atoms with Gasteiger partial charge in [-0.3, -0.25) is 0 Å². The summed E-state index contributed by atoms with van der Waals surface area (Å²) >= 11 is 1.33. The predicted octanol–water partition coefficient (Wildman–Crippen LogP) is 1.45. The van der Waals surface area contributed by atoms with Crippen molar-refractivity contribution in [3.05, 3.63) is 17.0 Å². The fraction of sp³-hybridized carbons (Fsp3) is 0.600. The summed E-state index contributed by atoms with van der Waals surface area (Å²) in [5, 5.41) is 0. The molecule has 1 aromatic rings. The van der Waals surface area contributed by atoms with Gasteiger partial charge in [-0.15, -0.1) is 23.7 Å². The fourth-order valence-electron chi connectivity index (χ4n) is 1.89. The molecule has 1 aliphatic rings. The van der Waals surface area contributed by atoms with Crippen molar-refractivity contribution in [1.82, 2.24) is 4.31 Å². The first-order chi connectivity index (χ1) is 7.54. The highest BCUT2D eigenvalue weighted by molar-refractivity contribution is 7.91. The molecule has 1 atom stereocenters. The molecule has 1 saturated heterocycles. The van der Waals surface area contributed by atoms with Crippen LogP contribution in [0.25, 0.3) is 0 Å². The fourth-order valence-corrected chi connectivity index (χ4v) is 4.85. The Hall–Kier alpha value is -0.140. The number of rotatable bonds is 3. The molecule has 1 fully saturated rings. The molecule has 1 unspecified atom stereocenters. The van der Waals surface area contributed by atoms with E-state index in [2.05, 4.69) is 0 Å². The van der Waals surface area contributed by atoms with Gasteiger partial charge in [0, 0.05) is 18.0 Å². The summed E-state index contributed by atoms with van der Waals surface area (Å²) in [5.41, 5.74) is 5.56. The minimum atomic E-state index is -3.26. The Morgan fingerprint density at radius 3 is 2.71 bits per heavy atom. The van der Waals surface area contributed by atoms with Crippen LogP contribution in [0.3, 0.4) is 0 Å². The van der Waals surface area contributed by atoms with Gasteiger partial charge in [-0.25, -0.2) is 8.42 Å². The quantitative estimate of drug-likeness (QED) is 0.918. The highest BCUT2D eigenvalue weighted by Gasteiger charge is 2.32. The normalized spacial score (nSPS) is 21.4. The number of sulfonamides is 1. The Bertz CT molecular complexity index is 472. The van der Waals surface area contributed by atoms with E-state index >= 15 is 0 Å². The van der Waals surface area contributed by atoms with Crippen molar-refractivity contribution in [2.75, 3.05) is 19.6 Å². The molecular weight excluding hydrogens is 280 g/mol. The molecule has 2 N–H and O–H groups in total. The summed E-state index contributed by atoms with van der Waals surface area (Å²) < 4.78 is 26.4. The van der Waals surface area contributed by atoms with Gasteiger partial charge < -0.3 is 5.73 Å². The van der Waals surface area contributed by atoms with E-state index in [0.717, 1.165) is 11.3 Å². The first kappa shape index (κ1) is 14.9. The Morgan fingerprint density at radius 2 is 2.24 bits per heavy atom.